The Labute approximate surface area is 146 Å². The molecular weight excluding hydrogens is 336 g/mol. The summed E-state index contributed by atoms with van der Waals surface area (Å²) in [4.78, 5) is 29.1. The van der Waals surface area contributed by atoms with Gasteiger partial charge in [-0.1, -0.05) is 41.7 Å². The number of nitrogens with one attached hydrogen (secondary N) is 2. The summed E-state index contributed by atoms with van der Waals surface area (Å²) >= 11 is 1.38. The zero-order valence-corrected chi connectivity index (χ0v) is 14.4. The standard InChI is InChI=1S/C18H14N4O2S/c1-9-10(2)21-22-17(24)14(9)16(23)20-18-19-15-12-6-4-3-5-11(12)7-8-13(15)25-18/h3-8H,1-2H3,(H,22,24)(H,19,20,23). The van der Waals surface area contributed by atoms with Crippen molar-refractivity contribution in [1.82, 2.24) is 15.2 Å². The van der Waals surface area contributed by atoms with Crippen LogP contribution < -0.4 is 10.9 Å². The fourth-order valence-electron chi connectivity index (χ4n) is 2.77. The maximum absolute atomic E-state index is 12.6. The van der Waals surface area contributed by atoms with Gasteiger partial charge in [-0.3, -0.25) is 14.9 Å². The van der Waals surface area contributed by atoms with Gasteiger partial charge in [-0.2, -0.15) is 5.10 Å². The minimum atomic E-state index is -0.507. The number of hydrogen-bond donors (Lipinski definition) is 2. The molecule has 4 rings (SSSR count). The SMILES string of the molecule is Cc1n[nH]c(=O)c(C(=O)Nc2nc3c(ccc4ccccc43)s2)c1C. The number of H-pyrrole nitrogens is 1. The predicted octanol–water partition coefficient (Wildman–Crippen LogP) is 3.40. The van der Waals surface area contributed by atoms with Crippen molar-refractivity contribution in [1.29, 1.82) is 0 Å². The average molecular weight is 350 g/mol. The highest BCUT2D eigenvalue weighted by atomic mass is 32.1. The van der Waals surface area contributed by atoms with Gasteiger partial charge in [-0.25, -0.2) is 10.1 Å². The van der Waals surface area contributed by atoms with Crippen LogP contribution in [-0.4, -0.2) is 21.1 Å². The van der Waals surface area contributed by atoms with Crippen LogP contribution >= 0.6 is 11.3 Å². The molecule has 2 aromatic carbocycles. The molecule has 0 fully saturated rings. The number of nitrogens with zero attached hydrogens (tertiary/aromatic N) is 2. The molecule has 0 saturated heterocycles. The summed E-state index contributed by atoms with van der Waals surface area (Å²) in [5.41, 5.74) is 1.58. The van der Waals surface area contributed by atoms with Crippen LogP contribution in [0.15, 0.2) is 41.2 Å². The third-order valence-corrected chi connectivity index (χ3v) is 5.14. The second kappa shape index (κ2) is 5.78. The summed E-state index contributed by atoms with van der Waals surface area (Å²) in [7, 11) is 0. The maximum Gasteiger partial charge on any atom is 0.277 e. The molecule has 0 aliphatic carbocycles. The van der Waals surface area contributed by atoms with Gasteiger partial charge in [-0.05, 0) is 30.9 Å². The van der Waals surface area contributed by atoms with Crippen molar-refractivity contribution in [2.45, 2.75) is 13.8 Å². The number of rotatable bonds is 2. The average Bonchev–Trinajstić information content (AvgIpc) is 3.01. The number of fused-ring (bicyclic) bond motifs is 3. The van der Waals surface area contributed by atoms with E-state index in [4.69, 9.17) is 0 Å². The van der Waals surface area contributed by atoms with E-state index in [2.05, 4.69) is 20.5 Å². The van der Waals surface area contributed by atoms with E-state index in [-0.39, 0.29) is 5.56 Å². The van der Waals surface area contributed by atoms with Crippen LogP contribution in [0.25, 0.3) is 21.0 Å². The van der Waals surface area contributed by atoms with Crippen LogP contribution in [0.5, 0.6) is 0 Å². The van der Waals surface area contributed by atoms with E-state index < -0.39 is 11.5 Å². The third-order valence-electron chi connectivity index (χ3n) is 4.20. The summed E-state index contributed by atoms with van der Waals surface area (Å²) in [6, 6.07) is 12.0. The highest BCUT2D eigenvalue weighted by Crippen LogP contribution is 2.31. The van der Waals surface area contributed by atoms with Crippen molar-refractivity contribution in [3.8, 4) is 0 Å². The van der Waals surface area contributed by atoms with E-state index in [0.29, 0.717) is 16.4 Å². The van der Waals surface area contributed by atoms with Crippen LogP contribution in [0.2, 0.25) is 0 Å². The van der Waals surface area contributed by atoms with Gasteiger partial charge in [0.25, 0.3) is 11.5 Å². The van der Waals surface area contributed by atoms with Gasteiger partial charge in [0.05, 0.1) is 15.9 Å². The number of thiazole rings is 1. The van der Waals surface area contributed by atoms with Crippen molar-refractivity contribution in [2.75, 3.05) is 5.32 Å². The molecule has 0 spiro atoms. The van der Waals surface area contributed by atoms with Gasteiger partial charge in [0.2, 0.25) is 0 Å². The largest absolute Gasteiger partial charge is 0.298 e. The predicted molar refractivity (Wildman–Crippen MR) is 99.4 cm³/mol. The number of amides is 1. The smallest absolute Gasteiger partial charge is 0.277 e. The van der Waals surface area contributed by atoms with Gasteiger partial charge >= 0.3 is 0 Å². The summed E-state index contributed by atoms with van der Waals surface area (Å²) in [5.74, 6) is -0.479. The van der Waals surface area contributed by atoms with Crippen LogP contribution in [-0.2, 0) is 0 Å². The van der Waals surface area contributed by atoms with E-state index in [1.165, 1.54) is 11.3 Å². The van der Waals surface area contributed by atoms with Crippen LogP contribution in [0.1, 0.15) is 21.6 Å². The number of hydrogen-bond acceptors (Lipinski definition) is 5. The molecule has 0 aliphatic rings. The molecule has 1 amide bonds. The van der Waals surface area contributed by atoms with E-state index >= 15 is 0 Å². The Bertz CT molecular complexity index is 1190. The molecule has 0 atom stereocenters. The lowest BCUT2D eigenvalue weighted by atomic mass is 10.1. The van der Waals surface area contributed by atoms with E-state index in [9.17, 15) is 9.59 Å². The Hall–Kier alpha value is -3.06. The van der Waals surface area contributed by atoms with Gasteiger partial charge in [-0.15, -0.1) is 0 Å². The minimum absolute atomic E-state index is 0.0663. The fraction of sp³-hybridized carbons (Fsp3) is 0.111. The first-order chi connectivity index (χ1) is 12.0. The highest BCUT2D eigenvalue weighted by Gasteiger charge is 2.18. The topological polar surface area (TPSA) is 87.7 Å². The van der Waals surface area contributed by atoms with Crippen LogP contribution in [0.4, 0.5) is 5.13 Å². The maximum atomic E-state index is 12.6. The number of aromatic amines is 1. The number of carbonyl (C=O) groups excluding carboxylic acids is 1. The van der Waals surface area contributed by atoms with Crippen LogP contribution in [0.3, 0.4) is 0 Å². The lowest BCUT2D eigenvalue weighted by Gasteiger charge is -2.05. The summed E-state index contributed by atoms with van der Waals surface area (Å²) in [6.45, 7) is 3.45. The van der Waals surface area contributed by atoms with Gasteiger partial charge in [0.1, 0.15) is 5.56 Å². The highest BCUT2D eigenvalue weighted by molar-refractivity contribution is 7.22. The molecule has 0 radical (unpaired) electrons. The molecule has 6 nitrogen and oxygen atoms in total. The second-order valence-electron chi connectivity index (χ2n) is 5.74. The van der Waals surface area contributed by atoms with Crippen LogP contribution in [0, 0.1) is 13.8 Å². The molecule has 0 aliphatic heterocycles. The van der Waals surface area contributed by atoms with Crippen molar-refractivity contribution in [3.63, 3.8) is 0 Å². The molecule has 2 heterocycles. The number of anilines is 1. The van der Waals surface area contributed by atoms with Crippen molar-refractivity contribution < 1.29 is 4.79 Å². The second-order valence-corrected chi connectivity index (χ2v) is 6.78. The van der Waals surface area contributed by atoms with Crippen molar-refractivity contribution in [3.05, 3.63) is 63.6 Å². The molecule has 0 bridgehead atoms. The molecular formula is C18H14N4O2S. The zero-order chi connectivity index (χ0) is 17.6. The van der Waals surface area contributed by atoms with E-state index in [0.717, 1.165) is 21.0 Å². The van der Waals surface area contributed by atoms with Crippen molar-refractivity contribution >= 4 is 43.4 Å². The van der Waals surface area contributed by atoms with E-state index in [1.807, 2.05) is 36.4 Å². The molecule has 2 N–H and O–H groups in total. The van der Waals surface area contributed by atoms with Gasteiger partial charge in [0.15, 0.2) is 5.13 Å². The van der Waals surface area contributed by atoms with Gasteiger partial charge in [0, 0.05) is 5.39 Å². The molecule has 0 unspecified atom stereocenters. The number of aromatic nitrogens is 3. The molecule has 124 valence electrons. The quantitative estimate of drug-likeness (QED) is 0.580. The molecule has 25 heavy (non-hydrogen) atoms. The lowest BCUT2D eigenvalue weighted by molar-refractivity contribution is 0.102. The first-order valence-electron chi connectivity index (χ1n) is 7.70. The Morgan fingerprint density at radius 2 is 1.96 bits per heavy atom. The molecule has 4 aromatic rings. The summed E-state index contributed by atoms with van der Waals surface area (Å²) in [5, 5.41) is 11.5. The molecule has 0 saturated carbocycles. The number of carbonyl (C=O) groups is 1. The first-order valence-corrected chi connectivity index (χ1v) is 8.52. The minimum Gasteiger partial charge on any atom is -0.298 e. The summed E-state index contributed by atoms with van der Waals surface area (Å²) in [6.07, 6.45) is 0. The Balaban J connectivity index is 1.76. The summed E-state index contributed by atoms with van der Waals surface area (Å²) < 4.78 is 0.977. The van der Waals surface area contributed by atoms with Crippen molar-refractivity contribution in [2.24, 2.45) is 0 Å². The van der Waals surface area contributed by atoms with E-state index in [1.54, 1.807) is 13.8 Å². The number of aryl methyl sites for hydroxylation is 1. The molecule has 7 heteroatoms. The monoisotopic (exact) mass is 350 g/mol. The number of benzene rings is 2. The zero-order valence-electron chi connectivity index (χ0n) is 13.6. The van der Waals surface area contributed by atoms with Gasteiger partial charge < -0.3 is 0 Å². The fourth-order valence-corrected chi connectivity index (χ4v) is 3.65. The first kappa shape index (κ1) is 15.5. The third kappa shape index (κ3) is 2.58. The Morgan fingerprint density at radius 3 is 2.80 bits per heavy atom. The normalized spacial score (nSPS) is 11.1. The lowest BCUT2D eigenvalue weighted by Crippen LogP contribution is -2.26. The Morgan fingerprint density at radius 1 is 1.16 bits per heavy atom. The Kier molecular flexibility index (Phi) is 3.58. The molecule has 2 aromatic heterocycles.